The number of imidazole rings is 1. The molecule has 0 aliphatic carbocycles. The maximum atomic E-state index is 13.2. The number of hydrogen-bond donors (Lipinski definition) is 0. The van der Waals surface area contributed by atoms with Crippen LogP contribution in [0.5, 0.6) is 0 Å². The van der Waals surface area contributed by atoms with Crippen molar-refractivity contribution in [2.75, 3.05) is 26.3 Å². The van der Waals surface area contributed by atoms with Crippen LogP contribution in [0.25, 0.3) is 11.0 Å². The van der Waals surface area contributed by atoms with E-state index in [-0.39, 0.29) is 10.7 Å². The van der Waals surface area contributed by atoms with Crippen LogP contribution < -0.4 is 0 Å². The lowest BCUT2D eigenvalue weighted by Gasteiger charge is -2.26. The SMILES string of the molecule is CCn1c(SC(C)C(=O)c2ccc(F)cc2)nc2cc(S(=O)(=O)N3CCOCC3)ccc21. The summed E-state index contributed by atoms with van der Waals surface area (Å²) in [6, 6.07) is 10.4. The highest BCUT2D eigenvalue weighted by Gasteiger charge is 2.27. The second-order valence-electron chi connectivity index (χ2n) is 7.44. The molecular weight excluding hydrogens is 453 g/mol. The lowest BCUT2D eigenvalue weighted by molar-refractivity contribution is 0.0730. The van der Waals surface area contributed by atoms with Crippen LogP contribution in [0.15, 0.2) is 52.5 Å². The smallest absolute Gasteiger partial charge is 0.243 e. The number of aryl methyl sites for hydroxylation is 1. The van der Waals surface area contributed by atoms with Crippen LogP contribution in [0.1, 0.15) is 24.2 Å². The van der Waals surface area contributed by atoms with Crippen LogP contribution in [0.4, 0.5) is 4.39 Å². The molecule has 2 heterocycles. The fraction of sp³-hybridized carbons (Fsp3) is 0.364. The maximum Gasteiger partial charge on any atom is 0.243 e. The number of aromatic nitrogens is 2. The van der Waals surface area contributed by atoms with Gasteiger partial charge in [0.2, 0.25) is 10.0 Å². The van der Waals surface area contributed by atoms with Crippen LogP contribution in [-0.4, -0.2) is 59.6 Å². The Morgan fingerprint density at radius 3 is 2.53 bits per heavy atom. The molecule has 1 atom stereocenters. The van der Waals surface area contributed by atoms with Crippen LogP contribution in [-0.2, 0) is 21.3 Å². The number of sulfonamides is 1. The fourth-order valence-corrected chi connectivity index (χ4v) is 6.13. The molecule has 1 fully saturated rings. The third kappa shape index (κ3) is 4.45. The summed E-state index contributed by atoms with van der Waals surface area (Å²) in [5.41, 5.74) is 1.80. The fourth-order valence-electron chi connectivity index (χ4n) is 3.64. The number of Topliss-reactive ketones (excluding diaryl/α,β-unsaturated/α-hetero) is 1. The van der Waals surface area contributed by atoms with E-state index in [4.69, 9.17) is 4.74 Å². The molecule has 7 nitrogen and oxygen atoms in total. The largest absolute Gasteiger partial charge is 0.379 e. The number of nitrogens with zero attached hydrogens (tertiary/aromatic N) is 3. The molecule has 10 heteroatoms. The second-order valence-corrected chi connectivity index (χ2v) is 10.7. The van der Waals surface area contributed by atoms with Crippen LogP contribution in [0.3, 0.4) is 0 Å². The van der Waals surface area contributed by atoms with Gasteiger partial charge in [-0.15, -0.1) is 0 Å². The number of hydrogen-bond acceptors (Lipinski definition) is 6. The highest BCUT2D eigenvalue weighted by atomic mass is 32.2. The number of morpholine rings is 1. The molecule has 0 saturated carbocycles. The van der Waals surface area contributed by atoms with Gasteiger partial charge in [0.25, 0.3) is 0 Å². The van der Waals surface area contributed by atoms with E-state index in [1.807, 2.05) is 11.5 Å². The number of thioether (sulfide) groups is 1. The summed E-state index contributed by atoms with van der Waals surface area (Å²) in [4.78, 5) is 17.6. The number of ether oxygens (including phenoxy) is 1. The number of carbonyl (C=O) groups is 1. The van der Waals surface area contributed by atoms with E-state index in [0.29, 0.717) is 49.1 Å². The molecule has 4 rings (SSSR count). The number of halogens is 1. The summed E-state index contributed by atoms with van der Waals surface area (Å²) in [6.07, 6.45) is 0. The first kappa shape index (κ1) is 22.9. The molecule has 0 N–H and O–H groups in total. The average molecular weight is 478 g/mol. The molecule has 3 aromatic rings. The molecule has 2 aromatic carbocycles. The van der Waals surface area contributed by atoms with Gasteiger partial charge in [0.1, 0.15) is 5.82 Å². The molecule has 1 aliphatic heterocycles. The molecule has 1 saturated heterocycles. The Morgan fingerprint density at radius 1 is 1.19 bits per heavy atom. The highest BCUT2D eigenvalue weighted by molar-refractivity contribution is 8.00. The monoisotopic (exact) mass is 477 g/mol. The van der Waals surface area contributed by atoms with Gasteiger partial charge in [0.15, 0.2) is 10.9 Å². The summed E-state index contributed by atoms with van der Waals surface area (Å²) < 4.78 is 47.8. The zero-order valence-electron chi connectivity index (χ0n) is 17.8. The van der Waals surface area contributed by atoms with E-state index >= 15 is 0 Å². The zero-order chi connectivity index (χ0) is 22.9. The Balaban J connectivity index is 1.62. The van der Waals surface area contributed by atoms with E-state index in [9.17, 15) is 17.6 Å². The Kier molecular flexibility index (Phi) is 6.66. The number of rotatable bonds is 7. The van der Waals surface area contributed by atoms with Crippen LogP contribution in [0, 0.1) is 5.82 Å². The van der Waals surface area contributed by atoms with Gasteiger partial charge < -0.3 is 9.30 Å². The molecule has 1 aromatic heterocycles. The first-order chi connectivity index (χ1) is 15.3. The average Bonchev–Trinajstić information content (AvgIpc) is 3.15. The van der Waals surface area contributed by atoms with Crippen molar-refractivity contribution < 1.29 is 22.3 Å². The number of carbonyl (C=O) groups excluding carboxylic acids is 1. The van der Waals surface area contributed by atoms with Gasteiger partial charge in [0.05, 0.1) is 34.4 Å². The minimum absolute atomic E-state index is 0.125. The quantitative estimate of drug-likeness (QED) is 0.382. The topological polar surface area (TPSA) is 81.5 Å². The molecule has 1 unspecified atom stereocenters. The van der Waals surface area contributed by atoms with E-state index in [1.165, 1.54) is 40.3 Å². The van der Waals surface area contributed by atoms with Crippen LogP contribution >= 0.6 is 11.8 Å². The summed E-state index contributed by atoms with van der Waals surface area (Å²) >= 11 is 1.30. The van der Waals surface area contributed by atoms with E-state index in [1.54, 1.807) is 25.1 Å². The number of benzene rings is 2. The number of fused-ring (bicyclic) bond motifs is 1. The van der Waals surface area contributed by atoms with Crippen molar-refractivity contribution in [1.82, 2.24) is 13.9 Å². The van der Waals surface area contributed by atoms with E-state index in [0.717, 1.165) is 5.52 Å². The van der Waals surface area contributed by atoms with Crippen molar-refractivity contribution in [1.29, 1.82) is 0 Å². The highest BCUT2D eigenvalue weighted by Crippen LogP contribution is 2.30. The molecule has 32 heavy (non-hydrogen) atoms. The van der Waals surface area contributed by atoms with Gasteiger partial charge in [-0.1, -0.05) is 11.8 Å². The third-order valence-corrected chi connectivity index (χ3v) is 8.37. The summed E-state index contributed by atoms with van der Waals surface area (Å²) in [5.74, 6) is -0.516. The molecule has 0 bridgehead atoms. The van der Waals surface area contributed by atoms with E-state index < -0.39 is 21.1 Å². The number of ketones is 1. The molecule has 1 aliphatic rings. The third-order valence-electron chi connectivity index (χ3n) is 5.39. The Morgan fingerprint density at radius 2 is 1.88 bits per heavy atom. The Bertz CT molecular complexity index is 1240. The minimum atomic E-state index is -3.63. The van der Waals surface area contributed by atoms with Crippen molar-refractivity contribution in [3.8, 4) is 0 Å². The van der Waals surface area contributed by atoms with Crippen molar-refractivity contribution >= 4 is 38.6 Å². The molecular formula is C22H24FN3O4S2. The van der Waals surface area contributed by atoms with Gasteiger partial charge in [0, 0.05) is 25.2 Å². The minimum Gasteiger partial charge on any atom is -0.379 e. The summed E-state index contributed by atoms with van der Waals surface area (Å²) in [5, 5.41) is 0.186. The second kappa shape index (κ2) is 9.30. The van der Waals surface area contributed by atoms with Crippen molar-refractivity contribution in [2.45, 2.75) is 35.7 Å². The molecule has 0 amide bonds. The first-order valence-corrected chi connectivity index (χ1v) is 12.7. The van der Waals surface area contributed by atoms with Crippen molar-refractivity contribution in [2.24, 2.45) is 0 Å². The van der Waals surface area contributed by atoms with Crippen LogP contribution in [0.2, 0.25) is 0 Å². The maximum absolute atomic E-state index is 13.2. The normalized spacial score (nSPS) is 16.3. The summed E-state index contributed by atoms with van der Waals surface area (Å²) in [6.45, 7) is 5.78. The summed E-state index contributed by atoms with van der Waals surface area (Å²) in [7, 11) is -3.63. The van der Waals surface area contributed by atoms with Gasteiger partial charge in [-0.25, -0.2) is 17.8 Å². The Hall–Kier alpha value is -2.27. The van der Waals surface area contributed by atoms with Crippen molar-refractivity contribution in [3.05, 3.63) is 53.8 Å². The van der Waals surface area contributed by atoms with E-state index in [2.05, 4.69) is 4.98 Å². The molecule has 0 radical (unpaired) electrons. The lowest BCUT2D eigenvalue weighted by atomic mass is 10.1. The lowest BCUT2D eigenvalue weighted by Crippen LogP contribution is -2.40. The van der Waals surface area contributed by atoms with Gasteiger partial charge >= 0.3 is 0 Å². The van der Waals surface area contributed by atoms with Gasteiger partial charge in [-0.05, 0) is 56.3 Å². The van der Waals surface area contributed by atoms with Gasteiger partial charge in [-0.3, -0.25) is 4.79 Å². The predicted molar refractivity (Wildman–Crippen MR) is 121 cm³/mol. The Labute approximate surface area is 190 Å². The van der Waals surface area contributed by atoms with Crippen molar-refractivity contribution in [3.63, 3.8) is 0 Å². The van der Waals surface area contributed by atoms with Gasteiger partial charge in [-0.2, -0.15) is 4.31 Å². The standard InChI is InChI=1S/C22H24FN3O4S2/c1-3-26-20-9-8-18(32(28,29)25-10-12-30-13-11-25)14-19(20)24-22(26)31-15(2)21(27)16-4-6-17(23)7-5-16/h4-9,14-15H,3,10-13H2,1-2H3. The molecule has 170 valence electrons. The predicted octanol–water partition coefficient (Wildman–Crippen LogP) is 3.58. The zero-order valence-corrected chi connectivity index (χ0v) is 19.5. The molecule has 0 spiro atoms. The first-order valence-electron chi connectivity index (χ1n) is 10.4.